The number of rotatable bonds is 3. The molecule has 0 fully saturated rings. The molecule has 19 heavy (non-hydrogen) atoms. The van der Waals surface area contributed by atoms with Gasteiger partial charge in [-0.15, -0.1) is 0 Å². The van der Waals surface area contributed by atoms with Gasteiger partial charge in [-0.05, 0) is 18.2 Å². The average molecular weight is 258 g/mol. The molecule has 1 aromatic heterocycles. The first-order valence-corrected chi connectivity index (χ1v) is 5.47. The van der Waals surface area contributed by atoms with Crippen LogP contribution >= 0.6 is 0 Å². The highest BCUT2D eigenvalue weighted by Crippen LogP contribution is 2.34. The monoisotopic (exact) mass is 258 g/mol. The van der Waals surface area contributed by atoms with Gasteiger partial charge in [0.05, 0.1) is 32.0 Å². The molecule has 0 saturated heterocycles. The summed E-state index contributed by atoms with van der Waals surface area (Å²) in [5.41, 5.74) is 1.36. The van der Waals surface area contributed by atoms with Gasteiger partial charge in [-0.3, -0.25) is 0 Å². The van der Waals surface area contributed by atoms with Gasteiger partial charge < -0.3 is 9.47 Å². The number of benzene rings is 1. The first-order chi connectivity index (χ1) is 9.19. The highest BCUT2D eigenvalue weighted by molar-refractivity contribution is 5.76. The Balaban J connectivity index is 2.70. The minimum atomic E-state index is -0.424. The van der Waals surface area contributed by atoms with Crippen LogP contribution in [0.5, 0.6) is 11.6 Å². The van der Waals surface area contributed by atoms with Crippen LogP contribution in [0.4, 0.5) is 4.39 Å². The number of ether oxygens (including phenoxy) is 2. The van der Waals surface area contributed by atoms with E-state index in [1.165, 1.54) is 38.6 Å². The number of pyridine rings is 1. The molecule has 5 heteroatoms. The summed E-state index contributed by atoms with van der Waals surface area (Å²) in [6.45, 7) is 0. The topological polar surface area (TPSA) is 55.1 Å². The molecular formula is C14H11FN2O2. The largest absolute Gasteiger partial charge is 0.494 e. The Morgan fingerprint density at radius 2 is 1.95 bits per heavy atom. The number of aromatic nitrogens is 1. The van der Waals surface area contributed by atoms with E-state index in [9.17, 15) is 4.39 Å². The van der Waals surface area contributed by atoms with Crippen molar-refractivity contribution in [2.45, 2.75) is 0 Å². The van der Waals surface area contributed by atoms with Gasteiger partial charge in [0, 0.05) is 17.2 Å². The fraction of sp³-hybridized carbons (Fsp3) is 0.143. The summed E-state index contributed by atoms with van der Waals surface area (Å²) in [6, 6.07) is 7.59. The van der Waals surface area contributed by atoms with Crippen LogP contribution in [0.1, 0.15) is 5.56 Å². The molecule has 0 bridgehead atoms. The lowest BCUT2D eigenvalue weighted by Gasteiger charge is -2.11. The van der Waals surface area contributed by atoms with Crippen LogP contribution in [0.2, 0.25) is 0 Å². The Morgan fingerprint density at radius 3 is 2.58 bits per heavy atom. The fourth-order valence-corrected chi connectivity index (χ4v) is 1.75. The van der Waals surface area contributed by atoms with E-state index in [1.807, 2.05) is 6.07 Å². The Hall–Kier alpha value is -2.61. The summed E-state index contributed by atoms with van der Waals surface area (Å²) < 4.78 is 23.6. The molecule has 0 N–H and O–H groups in total. The quantitative estimate of drug-likeness (QED) is 0.849. The van der Waals surface area contributed by atoms with Crippen LogP contribution < -0.4 is 9.47 Å². The fourth-order valence-electron chi connectivity index (χ4n) is 1.75. The minimum absolute atomic E-state index is 0.355. The number of hydrogen-bond donors (Lipinski definition) is 0. The van der Waals surface area contributed by atoms with Gasteiger partial charge in [0.25, 0.3) is 0 Å². The van der Waals surface area contributed by atoms with Crippen LogP contribution in [-0.2, 0) is 0 Å². The maximum Gasteiger partial charge on any atom is 0.213 e. The highest BCUT2D eigenvalue weighted by atomic mass is 19.1. The van der Waals surface area contributed by atoms with Gasteiger partial charge in [-0.2, -0.15) is 5.26 Å². The summed E-state index contributed by atoms with van der Waals surface area (Å²) in [4.78, 5) is 4.01. The number of hydrogen-bond acceptors (Lipinski definition) is 4. The standard InChI is InChI=1S/C14H11FN2O2/c1-18-13-8-17-14(19-2)6-12(13)11-5-10(15)4-3-9(11)7-16/h3-6,8H,1-2H3. The zero-order chi connectivity index (χ0) is 13.8. The predicted octanol–water partition coefficient (Wildman–Crippen LogP) is 2.78. The second kappa shape index (κ2) is 5.36. The summed E-state index contributed by atoms with van der Waals surface area (Å²) in [5, 5.41) is 9.10. The van der Waals surface area contributed by atoms with Crippen molar-refractivity contribution in [2.75, 3.05) is 14.2 Å². The third-order valence-corrected chi connectivity index (χ3v) is 2.66. The molecular weight excluding hydrogens is 247 g/mol. The molecule has 0 amide bonds. The molecule has 2 rings (SSSR count). The van der Waals surface area contributed by atoms with Crippen molar-refractivity contribution in [2.24, 2.45) is 0 Å². The first-order valence-electron chi connectivity index (χ1n) is 5.47. The Labute approximate surface area is 110 Å². The second-order valence-electron chi connectivity index (χ2n) is 3.73. The van der Waals surface area contributed by atoms with Gasteiger partial charge in [-0.1, -0.05) is 0 Å². The van der Waals surface area contributed by atoms with Crippen LogP contribution in [0.25, 0.3) is 11.1 Å². The zero-order valence-corrected chi connectivity index (χ0v) is 10.5. The maximum absolute atomic E-state index is 13.4. The molecule has 0 radical (unpaired) electrons. The molecule has 0 aliphatic rings. The van der Waals surface area contributed by atoms with Crippen LogP contribution in [0, 0.1) is 17.1 Å². The molecule has 0 unspecified atom stereocenters. The van der Waals surface area contributed by atoms with Crippen molar-refractivity contribution in [3.05, 3.63) is 41.8 Å². The van der Waals surface area contributed by atoms with E-state index >= 15 is 0 Å². The molecule has 1 heterocycles. The number of methoxy groups -OCH3 is 2. The van der Waals surface area contributed by atoms with Crippen molar-refractivity contribution in [1.82, 2.24) is 4.98 Å². The van der Waals surface area contributed by atoms with Gasteiger partial charge in [-0.25, -0.2) is 9.37 Å². The lowest BCUT2D eigenvalue weighted by molar-refractivity contribution is 0.388. The third-order valence-electron chi connectivity index (χ3n) is 2.66. The van der Waals surface area contributed by atoms with Crippen LogP contribution in [-0.4, -0.2) is 19.2 Å². The van der Waals surface area contributed by atoms with Crippen LogP contribution in [0.15, 0.2) is 30.5 Å². The van der Waals surface area contributed by atoms with E-state index in [0.29, 0.717) is 28.3 Å². The minimum Gasteiger partial charge on any atom is -0.494 e. The lowest BCUT2D eigenvalue weighted by atomic mass is 10.0. The average Bonchev–Trinajstić information content (AvgIpc) is 2.46. The number of nitriles is 1. The van der Waals surface area contributed by atoms with E-state index < -0.39 is 5.82 Å². The molecule has 4 nitrogen and oxygen atoms in total. The molecule has 96 valence electrons. The Morgan fingerprint density at radius 1 is 1.16 bits per heavy atom. The molecule has 1 aromatic carbocycles. The SMILES string of the molecule is COc1cc(-c2cc(F)ccc2C#N)c(OC)cn1. The molecule has 0 aliphatic heterocycles. The molecule has 0 atom stereocenters. The van der Waals surface area contributed by atoms with E-state index in [0.717, 1.165) is 0 Å². The Bertz CT molecular complexity index is 650. The van der Waals surface area contributed by atoms with E-state index in [4.69, 9.17) is 14.7 Å². The molecule has 0 spiro atoms. The second-order valence-corrected chi connectivity index (χ2v) is 3.73. The molecule has 0 saturated carbocycles. The third kappa shape index (κ3) is 2.47. The van der Waals surface area contributed by atoms with Gasteiger partial charge in [0.15, 0.2) is 0 Å². The predicted molar refractivity (Wildman–Crippen MR) is 67.5 cm³/mol. The van der Waals surface area contributed by atoms with E-state index in [1.54, 1.807) is 6.07 Å². The Kier molecular flexibility index (Phi) is 3.62. The van der Waals surface area contributed by atoms with Crippen molar-refractivity contribution in [3.8, 4) is 28.8 Å². The van der Waals surface area contributed by atoms with Gasteiger partial charge >= 0.3 is 0 Å². The highest BCUT2D eigenvalue weighted by Gasteiger charge is 2.13. The summed E-state index contributed by atoms with van der Waals surface area (Å²) in [7, 11) is 2.97. The van der Waals surface area contributed by atoms with Gasteiger partial charge in [0.2, 0.25) is 5.88 Å². The van der Waals surface area contributed by atoms with Crippen molar-refractivity contribution >= 4 is 0 Å². The van der Waals surface area contributed by atoms with Crippen LogP contribution in [0.3, 0.4) is 0 Å². The zero-order valence-electron chi connectivity index (χ0n) is 10.5. The smallest absolute Gasteiger partial charge is 0.213 e. The summed E-state index contributed by atoms with van der Waals surface area (Å²) in [5.74, 6) is 0.388. The number of halogens is 1. The van der Waals surface area contributed by atoms with E-state index in [-0.39, 0.29) is 0 Å². The molecule has 2 aromatic rings. The van der Waals surface area contributed by atoms with Crippen molar-refractivity contribution in [3.63, 3.8) is 0 Å². The maximum atomic E-state index is 13.4. The summed E-state index contributed by atoms with van der Waals surface area (Å²) in [6.07, 6.45) is 1.47. The van der Waals surface area contributed by atoms with E-state index in [2.05, 4.69) is 4.98 Å². The normalized spacial score (nSPS) is 9.79. The first kappa shape index (κ1) is 12.8. The van der Waals surface area contributed by atoms with Crippen molar-refractivity contribution < 1.29 is 13.9 Å². The molecule has 0 aliphatic carbocycles. The lowest BCUT2D eigenvalue weighted by Crippen LogP contribution is -1.95. The number of nitrogens with zero attached hydrogens (tertiary/aromatic N) is 2. The van der Waals surface area contributed by atoms with Crippen molar-refractivity contribution in [1.29, 1.82) is 5.26 Å². The van der Waals surface area contributed by atoms with Gasteiger partial charge in [0.1, 0.15) is 11.6 Å². The summed E-state index contributed by atoms with van der Waals surface area (Å²) >= 11 is 0.